The van der Waals surface area contributed by atoms with Crippen LogP contribution in [0.4, 0.5) is 22.7 Å². The summed E-state index contributed by atoms with van der Waals surface area (Å²) in [7, 11) is -3.24. The number of benzene rings is 2. The molecule has 1 saturated heterocycles. The molecule has 1 aliphatic heterocycles. The molecule has 3 rings (SSSR count). The summed E-state index contributed by atoms with van der Waals surface area (Å²) in [6, 6.07) is 15.6. The number of rotatable bonds is 5. The van der Waals surface area contributed by atoms with Gasteiger partial charge in [0.15, 0.2) is 0 Å². The van der Waals surface area contributed by atoms with Crippen molar-refractivity contribution in [2.24, 2.45) is 0 Å². The lowest BCUT2D eigenvalue weighted by Crippen LogP contribution is -2.29. The number of nitrogens with zero attached hydrogens (tertiary/aromatic N) is 1. The molecule has 6 heteroatoms. The molecule has 1 aliphatic rings. The van der Waals surface area contributed by atoms with E-state index in [9.17, 15) is 8.42 Å². The molecule has 0 radical (unpaired) electrons. The Bertz CT molecular complexity index is 765. The Kier molecular flexibility index (Phi) is 4.94. The predicted octanol–water partition coefficient (Wildman–Crippen LogP) is 3.79. The minimum atomic E-state index is -3.24. The Morgan fingerprint density at radius 1 is 0.792 bits per heavy atom. The first-order chi connectivity index (χ1) is 11.5. The molecule has 2 N–H and O–H groups in total. The summed E-state index contributed by atoms with van der Waals surface area (Å²) in [5.41, 5.74) is 3.76. The molecule has 0 spiro atoms. The highest BCUT2D eigenvalue weighted by atomic mass is 32.2. The Morgan fingerprint density at radius 3 is 1.83 bits per heavy atom. The molecule has 0 saturated carbocycles. The van der Waals surface area contributed by atoms with Crippen LogP contribution < -0.4 is 14.9 Å². The molecule has 0 aliphatic carbocycles. The van der Waals surface area contributed by atoms with Crippen LogP contribution in [0.1, 0.15) is 19.3 Å². The van der Waals surface area contributed by atoms with Crippen molar-refractivity contribution in [1.29, 1.82) is 0 Å². The van der Waals surface area contributed by atoms with Crippen LogP contribution in [-0.4, -0.2) is 27.8 Å². The van der Waals surface area contributed by atoms with Crippen molar-refractivity contribution in [3.05, 3.63) is 48.5 Å². The van der Waals surface area contributed by atoms with Crippen molar-refractivity contribution < 1.29 is 8.42 Å². The lowest BCUT2D eigenvalue weighted by atomic mass is 10.1. The van der Waals surface area contributed by atoms with Crippen LogP contribution in [0.25, 0.3) is 0 Å². The molecule has 0 bridgehead atoms. The Balaban J connectivity index is 1.63. The smallest absolute Gasteiger partial charge is 0.229 e. The minimum absolute atomic E-state index is 0.559. The normalized spacial score (nSPS) is 15.1. The fraction of sp³-hybridized carbons (Fsp3) is 0.333. The monoisotopic (exact) mass is 345 g/mol. The summed E-state index contributed by atoms with van der Waals surface area (Å²) in [5, 5.41) is 3.33. The molecule has 0 atom stereocenters. The van der Waals surface area contributed by atoms with Gasteiger partial charge in [-0.3, -0.25) is 4.72 Å². The molecule has 5 nitrogen and oxygen atoms in total. The van der Waals surface area contributed by atoms with Crippen LogP contribution in [-0.2, 0) is 10.0 Å². The van der Waals surface area contributed by atoms with E-state index in [0.717, 1.165) is 30.7 Å². The van der Waals surface area contributed by atoms with E-state index in [4.69, 9.17) is 0 Å². The van der Waals surface area contributed by atoms with Gasteiger partial charge in [0.05, 0.1) is 6.26 Å². The molecule has 2 aromatic rings. The molecule has 1 fully saturated rings. The van der Waals surface area contributed by atoms with E-state index in [0.29, 0.717) is 5.69 Å². The van der Waals surface area contributed by atoms with Crippen LogP contribution in [0, 0.1) is 0 Å². The third kappa shape index (κ3) is 4.64. The standard InChI is InChI=1S/C18H23N3O2S/c1-24(22,23)20-17-7-5-15(6-8-17)19-16-9-11-18(12-10-16)21-13-3-2-4-14-21/h5-12,19-20H,2-4,13-14H2,1H3. The zero-order valence-corrected chi connectivity index (χ0v) is 14.6. The van der Waals surface area contributed by atoms with Crippen molar-refractivity contribution in [2.75, 3.05) is 34.3 Å². The highest BCUT2D eigenvalue weighted by Gasteiger charge is 2.10. The number of sulfonamides is 1. The highest BCUT2D eigenvalue weighted by molar-refractivity contribution is 7.92. The first kappa shape index (κ1) is 16.6. The van der Waals surface area contributed by atoms with Gasteiger partial charge in [-0.05, 0) is 67.8 Å². The number of piperidine rings is 1. The summed E-state index contributed by atoms with van der Waals surface area (Å²) in [6.07, 6.45) is 5.02. The van der Waals surface area contributed by atoms with Crippen LogP contribution >= 0.6 is 0 Å². The molecule has 1 heterocycles. The first-order valence-corrected chi connectivity index (χ1v) is 10.1. The summed E-state index contributed by atoms with van der Waals surface area (Å²) in [5.74, 6) is 0. The summed E-state index contributed by atoms with van der Waals surface area (Å²) < 4.78 is 24.9. The third-order valence-corrected chi connectivity index (χ3v) is 4.67. The zero-order valence-electron chi connectivity index (χ0n) is 13.8. The van der Waals surface area contributed by atoms with Crippen LogP contribution in [0.3, 0.4) is 0 Å². The number of nitrogens with one attached hydrogen (secondary N) is 2. The number of hydrogen-bond donors (Lipinski definition) is 2. The second-order valence-electron chi connectivity index (χ2n) is 6.17. The van der Waals surface area contributed by atoms with Gasteiger partial charge in [-0.25, -0.2) is 8.42 Å². The van der Waals surface area contributed by atoms with Crippen molar-refractivity contribution in [2.45, 2.75) is 19.3 Å². The van der Waals surface area contributed by atoms with Crippen molar-refractivity contribution >= 4 is 32.8 Å². The van der Waals surface area contributed by atoms with Gasteiger partial charge in [0.25, 0.3) is 0 Å². The van der Waals surface area contributed by atoms with Gasteiger partial charge in [0.1, 0.15) is 0 Å². The van der Waals surface area contributed by atoms with E-state index >= 15 is 0 Å². The first-order valence-electron chi connectivity index (χ1n) is 8.19. The van der Waals surface area contributed by atoms with Crippen molar-refractivity contribution in [3.63, 3.8) is 0 Å². The van der Waals surface area contributed by atoms with Gasteiger partial charge in [-0.15, -0.1) is 0 Å². The lowest BCUT2D eigenvalue weighted by molar-refractivity contribution is 0.578. The number of hydrogen-bond acceptors (Lipinski definition) is 4. The Labute approximate surface area is 143 Å². The van der Waals surface area contributed by atoms with Crippen LogP contribution in [0.15, 0.2) is 48.5 Å². The SMILES string of the molecule is CS(=O)(=O)Nc1ccc(Nc2ccc(N3CCCCC3)cc2)cc1. The molecule has 128 valence electrons. The molecule has 0 amide bonds. The summed E-state index contributed by atoms with van der Waals surface area (Å²) >= 11 is 0. The fourth-order valence-corrected chi connectivity index (χ4v) is 3.47. The molecule has 0 unspecified atom stereocenters. The maximum absolute atomic E-state index is 11.2. The molecular formula is C18H23N3O2S. The van der Waals surface area contributed by atoms with Crippen LogP contribution in [0.5, 0.6) is 0 Å². The zero-order chi connectivity index (χ0) is 17.0. The van der Waals surface area contributed by atoms with Gasteiger partial charge in [0.2, 0.25) is 10.0 Å². The van der Waals surface area contributed by atoms with E-state index in [-0.39, 0.29) is 0 Å². The van der Waals surface area contributed by atoms with Crippen LogP contribution in [0.2, 0.25) is 0 Å². The largest absolute Gasteiger partial charge is 0.372 e. The minimum Gasteiger partial charge on any atom is -0.372 e. The van der Waals surface area contributed by atoms with Gasteiger partial charge >= 0.3 is 0 Å². The Morgan fingerprint density at radius 2 is 1.29 bits per heavy atom. The third-order valence-electron chi connectivity index (χ3n) is 4.07. The average molecular weight is 345 g/mol. The second-order valence-corrected chi connectivity index (χ2v) is 7.92. The topological polar surface area (TPSA) is 61.4 Å². The summed E-state index contributed by atoms with van der Waals surface area (Å²) in [6.45, 7) is 2.28. The van der Waals surface area contributed by atoms with E-state index in [2.05, 4.69) is 39.2 Å². The second kappa shape index (κ2) is 7.13. The molecular weight excluding hydrogens is 322 g/mol. The quantitative estimate of drug-likeness (QED) is 0.865. The highest BCUT2D eigenvalue weighted by Crippen LogP contribution is 2.24. The maximum atomic E-state index is 11.2. The van der Waals surface area contributed by atoms with Crippen molar-refractivity contribution in [1.82, 2.24) is 0 Å². The predicted molar refractivity (Wildman–Crippen MR) is 101 cm³/mol. The molecule has 2 aromatic carbocycles. The van der Waals surface area contributed by atoms with Gasteiger partial charge in [-0.1, -0.05) is 0 Å². The lowest BCUT2D eigenvalue weighted by Gasteiger charge is -2.28. The maximum Gasteiger partial charge on any atom is 0.229 e. The van der Waals surface area contributed by atoms with Gasteiger partial charge in [-0.2, -0.15) is 0 Å². The number of anilines is 4. The van der Waals surface area contributed by atoms with Gasteiger partial charge < -0.3 is 10.2 Å². The molecule has 24 heavy (non-hydrogen) atoms. The van der Waals surface area contributed by atoms with Crippen molar-refractivity contribution in [3.8, 4) is 0 Å². The van der Waals surface area contributed by atoms with E-state index < -0.39 is 10.0 Å². The summed E-state index contributed by atoms with van der Waals surface area (Å²) in [4.78, 5) is 2.43. The molecule has 0 aromatic heterocycles. The Hall–Kier alpha value is -2.21. The van der Waals surface area contributed by atoms with Gasteiger partial charge in [0, 0.05) is 35.8 Å². The fourth-order valence-electron chi connectivity index (χ4n) is 2.91. The average Bonchev–Trinajstić information content (AvgIpc) is 2.57. The van der Waals surface area contributed by atoms with E-state index in [1.165, 1.54) is 24.9 Å². The van der Waals surface area contributed by atoms with E-state index in [1.54, 1.807) is 12.1 Å². The van der Waals surface area contributed by atoms with E-state index in [1.807, 2.05) is 12.1 Å².